The van der Waals surface area contributed by atoms with E-state index in [9.17, 15) is 9.59 Å². The molecule has 0 aliphatic heterocycles. The lowest BCUT2D eigenvalue weighted by Gasteiger charge is -2.08. The van der Waals surface area contributed by atoms with Crippen LogP contribution in [0.5, 0.6) is 0 Å². The van der Waals surface area contributed by atoms with Gasteiger partial charge in [0.15, 0.2) is 5.78 Å². The van der Waals surface area contributed by atoms with Crippen LogP contribution in [0.1, 0.15) is 26.3 Å². The third kappa shape index (κ3) is 3.67. The quantitative estimate of drug-likeness (QED) is 0.666. The van der Waals surface area contributed by atoms with Crippen LogP contribution in [0, 0.1) is 0 Å². The molecule has 1 amide bonds. The maximum atomic E-state index is 12.5. The van der Waals surface area contributed by atoms with Crippen molar-refractivity contribution in [2.75, 3.05) is 6.54 Å². The van der Waals surface area contributed by atoms with Gasteiger partial charge in [-0.15, -0.1) is 6.58 Å². The van der Waals surface area contributed by atoms with Crippen molar-refractivity contribution >= 4 is 27.6 Å². The topological polar surface area (TPSA) is 46.2 Å². The highest BCUT2D eigenvalue weighted by Gasteiger charge is 2.17. The van der Waals surface area contributed by atoms with Gasteiger partial charge in [0.2, 0.25) is 0 Å². The van der Waals surface area contributed by atoms with Gasteiger partial charge in [0, 0.05) is 22.1 Å². The van der Waals surface area contributed by atoms with Crippen LogP contribution >= 0.6 is 15.9 Å². The maximum Gasteiger partial charge on any atom is 0.252 e. The molecule has 0 heterocycles. The second-order valence-corrected chi connectivity index (χ2v) is 5.30. The molecule has 21 heavy (non-hydrogen) atoms. The van der Waals surface area contributed by atoms with E-state index in [1.54, 1.807) is 54.6 Å². The zero-order valence-electron chi connectivity index (χ0n) is 11.3. The summed E-state index contributed by atoms with van der Waals surface area (Å²) in [5.41, 5.74) is 1.30. The Kier molecular flexibility index (Phi) is 5.06. The maximum absolute atomic E-state index is 12.5. The first-order chi connectivity index (χ1) is 10.1. The minimum absolute atomic E-state index is 0.174. The lowest BCUT2D eigenvalue weighted by molar-refractivity contribution is 0.0946. The highest BCUT2D eigenvalue weighted by Crippen LogP contribution is 2.17. The number of halogens is 1. The van der Waals surface area contributed by atoms with E-state index < -0.39 is 0 Å². The third-order valence-corrected chi connectivity index (χ3v) is 3.46. The monoisotopic (exact) mass is 343 g/mol. The Balaban J connectivity index is 2.35. The number of hydrogen-bond donors (Lipinski definition) is 1. The molecule has 3 nitrogen and oxygen atoms in total. The standard InChI is InChI=1S/C17H14BrNO2/c1-2-11-19-17(21)15-6-4-3-5-14(15)16(20)12-7-9-13(18)10-8-12/h2-10H,1,11H2,(H,19,21). The van der Waals surface area contributed by atoms with Crippen molar-refractivity contribution in [3.63, 3.8) is 0 Å². The molecule has 0 bridgehead atoms. The van der Waals surface area contributed by atoms with Crippen LogP contribution in [-0.2, 0) is 0 Å². The molecule has 0 saturated heterocycles. The first-order valence-corrected chi connectivity index (χ1v) is 7.21. The van der Waals surface area contributed by atoms with Gasteiger partial charge in [-0.2, -0.15) is 0 Å². The molecule has 0 aromatic heterocycles. The molecule has 0 atom stereocenters. The largest absolute Gasteiger partial charge is 0.349 e. The molecule has 106 valence electrons. The highest BCUT2D eigenvalue weighted by atomic mass is 79.9. The van der Waals surface area contributed by atoms with Crippen molar-refractivity contribution in [3.8, 4) is 0 Å². The number of hydrogen-bond acceptors (Lipinski definition) is 2. The molecule has 4 heteroatoms. The van der Waals surface area contributed by atoms with E-state index in [0.29, 0.717) is 23.2 Å². The van der Waals surface area contributed by atoms with Crippen LogP contribution in [0.25, 0.3) is 0 Å². The molecule has 2 aromatic rings. The Hall–Kier alpha value is -2.20. The molecule has 2 rings (SSSR count). The van der Waals surface area contributed by atoms with Gasteiger partial charge in [0.05, 0.1) is 5.56 Å². The zero-order chi connectivity index (χ0) is 15.2. The molecular weight excluding hydrogens is 330 g/mol. The van der Waals surface area contributed by atoms with Gasteiger partial charge in [0.25, 0.3) is 5.91 Å². The fraction of sp³-hybridized carbons (Fsp3) is 0.0588. The van der Waals surface area contributed by atoms with Gasteiger partial charge in [-0.3, -0.25) is 9.59 Å². The number of rotatable bonds is 5. The van der Waals surface area contributed by atoms with E-state index in [1.807, 2.05) is 0 Å². The second-order valence-electron chi connectivity index (χ2n) is 4.38. The molecule has 0 aliphatic rings. The second kappa shape index (κ2) is 6.99. The summed E-state index contributed by atoms with van der Waals surface area (Å²) < 4.78 is 0.899. The molecular formula is C17H14BrNO2. The van der Waals surface area contributed by atoms with Crippen LogP contribution in [0.2, 0.25) is 0 Å². The average Bonchev–Trinajstić information content (AvgIpc) is 2.52. The van der Waals surface area contributed by atoms with E-state index >= 15 is 0 Å². The molecule has 2 aromatic carbocycles. The summed E-state index contributed by atoms with van der Waals surface area (Å²) in [5, 5.41) is 2.69. The Morgan fingerprint density at radius 2 is 1.67 bits per heavy atom. The first-order valence-electron chi connectivity index (χ1n) is 6.42. The van der Waals surface area contributed by atoms with Crippen molar-refractivity contribution in [1.82, 2.24) is 5.32 Å². The predicted molar refractivity (Wildman–Crippen MR) is 86.5 cm³/mol. The van der Waals surface area contributed by atoms with E-state index in [4.69, 9.17) is 0 Å². The molecule has 1 N–H and O–H groups in total. The van der Waals surface area contributed by atoms with Crippen LogP contribution in [0.4, 0.5) is 0 Å². The molecule has 0 radical (unpaired) electrons. The summed E-state index contributed by atoms with van der Waals surface area (Å²) in [6.07, 6.45) is 1.59. The molecule has 0 saturated carbocycles. The minimum atomic E-state index is -0.282. The van der Waals surface area contributed by atoms with Crippen LogP contribution in [0.3, 0.4) is 0 Å². The van der Waals surface area contributed by atoms with Gasteiger partial charge in [-0.1, -0.05) is 40.2 Å². The van der Waals surface area contributed by atoms with Crippen molar-refractivity contribution in [3.05, 3.63) is 82.3 Å². The molecule has 0 unspecified atom stereocenters. The summed E-state index contributed by atoms with van der Waals surface area (Å²) in [5.74, 6) is -0.456. The fourth-order valence-electron chi connectivity index (χ4n) is 1.90. The molecule has 0 spiro atoms. The zero-order valence-corrected chi connectivity index (χ0v) is 12.9. The Labute approximate surface area is 131 Å². The van der Waals surface area contributed by atoms with E-state index in [1.165, 1.54) is 0 Å². The van der Waals surface area contributed by atoms with Crippen molar-refractivity contribution in [2.24, 2.45) is 0 Å². The highest BCUT2D eigenvalue weighted by molar-refractivity contribution is 9.10. The van der Waals surface area contributed by atoms with Gasteiger partial charge in [-0.05, 0) is 30.3 Å². The lowest BCUT2D eigenvalue weighted by Crippen LogP contribution is -2.25. The van der Waals surface area contributed by atoms with Gasteiger partial charge < -0.3 is 5.32 Å². The summed E-state index contributed by atoms with van der Waals surface area (Å²) in [4.78, 5) is 24.6. The number of nitrogens with one attached hydrogen (secondary N) is 1. The number of carbonyl (C=O) groups is 2. The summed E-state index contributed by atoms with van der Waals surface area (Å²) in [6.45, 7) is 3.91. The normalized spacial score (nSPS) is 9.95. The summed E-state index contributed by atoms with van der Waals surface area (Å²) in [7, 11) is 0. The minimum Gasteiger partial charge on any atom is -0.349 e. The SMILES string of the molecule is C=CCNC(=O)c1ccccc1C(=O)c1ccc(Br)cc1. The van der Waals surface area contributed by atoms with Gasteiger partial charge >= 0.3 is 0 Å². The van der Waals surface area contributed by atoms with E-state index in [2.05, 4.69) is 27.8 Å². The Bertz CT molecular complexity index is 677. The number of benzene rings is 2. The number of amides is 1. The fourth-order valence-corrected chi connectivity index (χ4v) is 2.16. The Morgan fingerprint density at radius 1 is 1.05 bits per heavy atom. The first kappa shape index (κ1) is 15.2. The van der Waals surface area contributed by atoms with Crippen molar-refractivity contribution in [1.29, 1.82) is 0 Å². The van der Waals surface area contributed by atoms with Gasteiger partial charge in [0.1, 0.15) is 0 Å². The summed E-state index contributed by atoms with van der Waals surface area (Å²) in [6, 6.07) is 13.8. The van der Waals surface area contributed by atoms with E-state index in [0.717, 1.165) is 4.47 Å². The number of ketones is 1. The molecule has 0 fully saturated rings. The molecule has 0 aliphatic carbocycles. The smallest absolute Gasteiger partial charge is 0.252 e. The van der Waals surface area contributed by atoms with Gasteiger partial charge in [-0.25, -0.2) is 0 Å². The van der Waals surface area contributed by atoms with E-state index in [-0.39, 0.29) is 11.7 Å². The number of carbonyl (C=O) groups excluding carboxylic acids is 2. The lowest BCUT2D eigenvalue weighted by atomic mass is 9.98. The van der Waals surface area contributed by atoms with Crippen molar-refractivity contribution < 1.29 is 9.59 Å². The van der Waals surface area contributed by atoms with Crippen molar-refractivity contribution in [2.45, 2.75) is 0 Å². The average molecular weight is 344 g/mol. The van der Waals surface area contributed by atoms with Crippen LogP contribution in [-0.4, -0.2) is 18.2 Å². The third-order valence-electron chi connectivity index (χ3n) is 2.93. The van der Waals surface area contributed by atoms with Crippen LogP contribution in [0.15, 0.2) is 65.7 Å². The Morgan fingerprint density at radius 3 is 2.29 bits per heavy atom. The van der Waals surface area contributed by atoms with Crippen LogP contribution < -0.4 is 5.32 Å². The predicted octanol–water partition coefficient (Wildman–Crippen LogP) is 3.60. The summed E-state index contributed by atoms with van der Waals surface area (Å²) >= 11 is 3.33.